The fourth-order valence-electron chi connectivity index (χ4n) is 3.95. The van der Waals surface area contributed by atoms with E-state index in [-0.39, 0.29) is 5.91 Å². The van der Waals surface area contributed by atoms with Crippen LogP contribution >= 0.6 is 23.4 Å². The van der Waals surface area contributed by atoms with Gasteiger partial charge in [0.25, 0.3) is 5.91 Å². The Kier molecular flexibility index (Phi) is 7.16. The van der Waals surface area contributed by atoms with Gasteiger partial charge >= 0.3 is 0 Å². The van der Waals surface area contributed by atoms with E-state index in [4.69, 9.17) is 16.6 Å². The van der Waals surface area contributed by atoms with Crippen LogP contribution in [-0.2, 0) is 0 Å². The maximum atomic E-state index is 13.2. The number of nitrogens with zero attached hydrogens (tertiary/aromatic N) is 2. The number of hydrogen-bond donors (Lipinski definition) is 1. The van der Waals surface area contributed by atoms with Crippen molar-refractivity contribution in [2.45, 2.75) is 42.7 Å². The predicted molar refractivity (Wildman–Crippen MR) is 129 cm³/mol. The van der Waals surface area contributed by atoms with E-state index >= 15 is 0 Å². The second kappa shape index (κ2) is 10.0. The highest BCUT2D eigenvalue weighted by Crippen LogP contribution is 2.30. The van der Waals surface area contributed by atoms with Crippen molar-refractivity contribution in [2.24, 2.45) is 5.92 Å². The Morgan fingerprint density at radius 2 is 1.90 bits per heavy atom. The summed E-state index contributed by atoms with van der Waals surface area (Å²) in [6, 6.07) is 17.7. The number of nitrogens with one attached hydrogen (secondary N) is 1. The summed E-state index contributed by atoms with van der Waals surface area (Å²) in [4.78, 5) is 21.4. The van der Waals surface area contributed by atoms with Crippen molar-refractivity contribution in [1.82, 2.24) is 15.2 Å². The maximum absolute atomic E-state index is 13.2. The van der Waals surface area contributed by atoms with E-state index in [0.717, 1.165) is 39.8 Å². The highest BCUT2D eigenvalue weighted by Gasteiger charge is 2.21. The van der Waals surface area contributed by atoms with Crippen LogP contribution < -0.4 is 5.32 Å². The first kappa shape index (κ1) is 22.1. The smallest absolute Gasteiger partial charge is 0.252 e. The van der Waals surface area contributed by atoms with Crippen molar-refractivity contribution in [2.75, 3.05) is 19.6 Å². The lowest BCUT2D eigenvalue weighted by Crippen LogP contribution is -2.45. The number of hydrogen-bond acceptors (Lipinski definition) is 4. The molecule has 1 aliphatic rings. The normalized spacial score (nSPS) is 16.4. The summed E-state index contributed by atoms with van der Waals surface area (Å²) in [5.74, 6) is 0.756. The third kappa shape index (κ3) is 5.59. The van der Waals surface area contributed by atoms with Gasteiger partial charge in [0.05, 0.1) is 11.1 Å². The van der Waals surface area contributed by atoms with Crippen molar-refractivity contribution < 1.29 is 4.79 Å². The number of carbonyl (C=O) groups is 1. The van der Waals surface area contributed by atoms with E-state index in [1.54, 1.807) is 0 Å². The van der Waals surface area contributed by atoms with Gasteiger partial charge in [-0.1, -0.05) is 48.5 Å². The quantitative estimate of drug-likeness (QED) is 0.505. The minimum Gasteiger partial charge on any atom is -0.350 e. The monoisotopic (exact) mass is 453 g/mol. The second-order valence-electron chi connectivity index (χ2n) is 8.36. The average Bonchev–Trinajstić information content (AvgIpc) is 2.78. The van der Waals surface area contributed by atoms with Crippen LogP contribution in [0.2, 0.25) is 5.02 Å². The van der Waals surface area contributed by atoms with Crippen LogP contribution in [0.4, 0.5) is 0 Å². The average molecular weight is 454 g/mol. The first-order chi connectivity index (χ1) is 15.0. The molecule has 1 aromatic heterocycles. The Morgan fingerprint density at radius 3 is 2.65 bits per heavy atom. The van der Waals surface area contributed by atoms with Gasteiger partial charge in [-0.05, 0) is 75.2 Å². The van der Waals surface area contributed by atoms with Crippen molar-refractivity contribution in [3.8, 4) is 0 Å². The zero-order chi connectivity index (χ0) is 21.8. The van der Waals surface area contributed by atoms with Gasteiger partial charge in [0.2, 0.25) is 0 Å². The molecule has 2 aromatic carbocycles. The predicted octanol–water partition coefficient (Wildman–Crippen LogP) is 5.89. The molecule has 0 bridgehead atoms. The van der Waals surface area contributed by atoms with E-state index in [1.165, 1.54) is 24.6 Å². The number of benzene rings is 2. The Labute approximate surface area is 193 Å². The molecule has 4 rings (SSSR count). The van der Waals surface area contributed by atoms with Crippen molar-refractivity contribution in [3.63, 3.8) is 0 Å². The van der Waals surface area contributed by atoms with Crippen molar-refractivity contribution >= 4 is 40.2 Å². The third-order valence-corrected chi connectivity index (χ3v) is 7.15. The molecule has 0 aliphatic carbocycles. The molecular formula is C25H28ClN3OS. The van der Waals surface area contributed by atoms with E-state index in [1.807, 2.05) is 54.6 Å². The first-order valence-corrected chi connectivity index (χ1v) is 12.0. The molecule has 3 aromatic rings. The number of fused-ring (bicyclic) bond motifs is 1. The number of halogens is 1. The fourth-order valence-corrected chi connectivity index (χ4v) is 4.91. The summed E-state index contributed by atoms with van der Waals surface area (Å²) in [5, 5.41) is 5.54. The number of aromatic nitrogens is 1. The molecule has 2 heterocycles. The van der Waals surface area contributed by atoms with Crippen LogP contribution in [0.15, 0.2) is 64.5 Å². The van der Waals surface area contributed by atoms with Gasteiger partial charge in [-0.2, -0.15) is 0 Å². The highest BCUT2D eigenvalue weighted by atomic mass is 35.5. The minimum atomic E-state index is -0.0474. The topological polar surface area (TPSA) is 45.2 Å². The zero-order valence-electron chi connectivity index (χ0n) is 18.0. The van der Waals surface area contributed by atoms with Crippen molar-refractivity contribution in [3.05, 3.63) is 65.2 Å². The Hall–Kier alpha value is -2.08. The number of rotatable bonds is 6. The molecule has 1 amide bonds. The molecule has 0 radical (unpaired) electrons. The summed E-state index contributed by atoms with van der Waals surface area (Å²) < 4.78 is 0. The lowest BCUT2D eigenvalue weighted by atomic mass is 9.98. The van der Waals surface area contributed by atoms with Crippen LogP contribution in [0.3, 0.4) is 0 Å². The zero-order valence-corrected chi connectivity index (χ0v) is 19.5. The molecular weight excluding hydrogens is 426 g/mol. The number of piperidine rings is 1. The summed E-state index contributed by atoms with van der Waals surface area (Å²) in [7, 11) is 0. The first-order valence-electron chi connectivity index (χ1n) is 10.8. The van der Waals surface area contributed by atoms with Gasteiger partial charge in [-0.15, -0.1) is 0 Å². The third-order valence-electron chi connectivity index (χ3n) is 5.97. The Bertz CT molecular complexity index is 1050. The number of amides is 1. The minimum absolute atomic E-state index is 0.0474. The molecule has 0 saturated carbocycles. The molecule has 1 fully saturated rings. The molecule has 6 heteroatoms. The molecule has 0 spiro atoms. The van der Waals surface area contributed by atoms with Crippen LogP contribution in [0.25, 0.3) is 10.9 Å². The van der Waals surface area contributed by atoms with E-state index in [0.29, 0.717) is 23.2 Å². The Morgan fingerprint density at radius 1 is 1.19 bits per heavy atom. The van der Waals surface area contributed by atoms with Crippen LogP contribution in [0, 0.1) is 5.92 Å². The van der Waals surface area contributed by atoms with E-state index in [2.05, 4.69) is 24.1 Å². The summed E-state index contributed by atoms with van der Waals surface area (Å²) in [6.45, 7) is 7.38. The lowest BCUT2D eigenvalue weighted by Gasteiger charge is -2.35. The fraction of sp³-hybridized carbons (Fsp3) is 0.360. The van der Waals surface area contributed by atoms with Gasteiger partial charge in [-0.3, -0.25) is 9.69 Å². The number of para-hydroxylation sites is 1. The second-order valence-corrected chi connectivity index (χ2v) is 9.89. The molecule has 1 N–H and O–H groups in total. The van der Waals surface area contributed by atoms with Crippen LogP contribution in [0.1, 0.15) is 37.0 Å². The highest BCUT2D eigenvalue weighted by molar-refractivity contribution is 7.99. The lowest BCUT2D eigenvalue weighted by molar-refractivity contribution is 0.0923. The summed E-state index contributed by atoms with van der Waals surface area (Å²) in [5.41, 5.74) is 1.49. The maximum Gasteiger partial charge on any atom is 0.252 e. The molecule has 31 heavy (non-hydrogen) atoms. The van der Waals surface area contributed by atoms with Gasteiger partial charge in [0.1, 0.15) is 5.03 Å². The summed E-state index contributed by atoms with van der Waals surface area (Å²) in [6.07, 6.45) is 2.47. The van der Waals surface area contributed by atoms with Crippen LogP contribution in [0.5, 0.6) is 0 Å². The molecule has 1 saturated heterocycles. The number of likely N-dealkylation sites (tertiary alicyclic amines) is 1. The van der Waals surface area contributed by atoms with E-state index in [9.17, 15) is 4.79 Å². The number of pyridine rings is 1. The SMILES string of the molecule is CC1CCN(C(C)CNC(=O)c2cc(Sc3ccc(Cl)cc3)nc3ccccc23)CC1. The molecule has 162 valence electrons. The van der Waals surface area contributed by atoms with Gasteiger partial charge in [0.15, 0.2) is 0 Å². The van der Waals surface area contributed by atoms with Gasteiger partial charge in [0, 0.05) is 27.9 Å². The molecule has 1 unspecified atom stereocenters. The van der Waals surface area contributed by atoms with Gasteiger partial charge in [-0.25, -0.2) is 4.98 Å². The van der Waals surface area contributed by atoms with Crippen LogP contribution in [-0.4, -0.2) is 41.5 Å². The standard InChI is InChI=1S/C25H28ClN3OS/c1-17-11-13-29(14-12-17)18(2)16-27-25(30)22-15-24(28-23-6-4-3-5-21(22)23)31-20-9-7-19(26)8-10-20/h3-10,15,17-18H,11-14,16H2,1-2H3,(H,27,30). The Balaban J connectivity index is 1.51. The van der Waals surface area contributed by atoms with Crippen molar-refractivity contribution in [1.29, 1.82) is 0 Å². The number of carbonyl (C=O) groups excluding carboxylic acids is 1. The summed E-state index contributed by atoms with van der Waals surface area (Å²) >= 11 is 7.53. The largest absolute Gasteiger partial charge is 0.350 e. The molecule has 1 aliphatic heterocycles. The van der Waals surface area contributed by atoms with Gasteiger partial charge < -0.3 is 5.32 Å². The van der Waals surface area contributed by atoms with E-state index < -0.39 is 0 Å². The molecule has 1 atom stereocenters. The molecule has 4 nitrogen and oxygen atoms in total.